The molecule has 0 saturated carbocycles. The van der Waals surface area contributed by atoms with Gasteiger partial charge >= 0.3 is 0 Å². The molecule has 3 atom stereocenters. The van der Waals surface area contributed by atoms with Crippen LogP contribution >= 0.6 is 0 Å². The second-order valence-corrected chi connectivity index (χ2v) is 10.5. The van der Waals surface area contributed by atoms with Gasteiger partial charge < -0.3 is 0 Å². The molecule has 0 aliphatic rings. The van der Waals surface area contributed by atoms with Crippen molar-refractivity contribution in [1.82, 2.24) is 0 Å². The minimum absolute atomic E-state index is 0.482. The fraction of sp³-hybridized carbons (Fsp3) is 0.333. The molecule has 102 valence electrons. The van der Waals surface area contributed by atoms with Crippen molar-refractivity contribution in [3.8, 4) is 0 Å². The molecular formula is C18H26Si. The topological polar surface area (TPSA) is 0 Å². The number of allylic oxidation sites excluding steroid dienone is 3. The van der Waals surface area contributed by atoms with Gasteiger partial charge in [0.05, 0.1) is 0 Å². The molecule has 0 aromatic heterocycles. The highest BCUT2D eigenvalue weighted by Crippen LogP contribution is 2.43. The van der Waals surface area contributed by atoms with Gasteiger partial charge in [0.2, 0.25) is 0 Å². The lowest BCUT2D eigenvalue weighted by Crippen LogP contribution is -2.56. The molecule has 3 unspecified atom stereocenters. The third-order valence-corrected chi connectivity index (χ3v) is 11.2. The SMILES string of the molecule is C=CC(C)[Si](c1ccccc1)(C(C)C=C)C(C)C=C. The fourth-order valence-corrected chi connectivity index (χ4v) is 9.35. The van der Waals surface area contributed by atoms with Gasteiger partial charge in [-0.3, -0.25) is 0 Å². The maximum atomic E-state index is 4.05. The van der Waals surface area contributed by atoms with Crippen LogP contribution < -0.4 is 5.19 Å². The molecule has 0 saturated heterocycles. The van der Waals surface area contributed by atoms with E-state index in [1.807, 2.05) is 0 Å². The minimum Gasteiger partial charge on any atom is -0.103 e. The lowest BCUT2D eigenvalue weighted by molar-refractivity contribution is 0.948. The van der Waals surface area contributed by atoms with E-state index in [1.54, 1.807) is 0 Å². The van der Waals surface area contributed by atoms with Crippen LogP contribution in [0, 0.1) is 0 Å². The molecule has 0 N–H and O–H groups in total. The van der Waals surface area contributed by atoms with E-state index in [-0.39, 0.29) is 0 Å². The van der Waals surface area contributed by atoms with Crippen molar-refractivity contribution in [2.24, 2.45) is 0 Å². The van der Waals surface area contributed by atoms with Crippen LogP contribution in [0.3, 0.4) is 0 Å². The Balaban J connectivity index is 3.56. The van der Waals surface area contributed by atoms with Crippen molar-refractivity contribution < 1.29 is 0 Å². The van der Waals surface area contributed by atoms with Gasteiger partial charge in [0.1, 0.15) is 8.07 Å². The molecule has 0 aliphatic carbocycles. The van der Waals surface area contributed by atoms with Crippen LogP contribution in [0.4, 0.5) is 0 Å². The van der Waals surface area contributed by atoms with Crippen molar-refractivity contribution >= 4 is 13.3 Å². The van der Waals surface area contributed by atoms with E-state index >= 15 is 0 Å². The first-order valence-corrected chi connectivity index (χ1v) is 9.22. The predicted octanol–water partition coefficient (Wildman–Crippen LogP) is 5.07. The fourth-order valence-electron chi connectivity index (χ4n) is 3.34. The van der Waals surface area contributed by atoms with E-state index < -0.39 is 8.07 Å². The molecule has 0 spiro atoms. The summed E-state index contributed by atoms with van der Waals surface area (Å²) >= 11 is 0. The number of benzene rings is 1. The summed E-state index contributed by atoms with van der Waals surface area (Å²) in [6.45, 7) is 19.0. The first-order valence-electron chi connectivity index (χ1n) is 6.98. The number of hydrogen-bond donors (Lipinski definition) is 0. The van der Waals surface area contributed by atoms with Gasteiger partial charge in [-0.25, -0.2) is 0 Å². The highest BCUT2D eigenvalue weighted by Gasteiger charge is 2.46. The van der Waals surface area contributed by atoms with E-state index in [0.29, 0.717) is 16.6 Å². The summed E-state index contributed by atoms with van der Waals surface area (Å²) < 4.78 is 0. The number of hydrogen-bond acceptors (Lipinski definition) is 0. The summed E-state index contributed by atoms with van der Waals surface area (Å²) in [7, 11) is -1.84. The van der Waals surface area contributed by atoms with Gasteiger partial charge in [-0.05, 0) is 16.6 Å². The Labute approximate surface area is 119 Å². The second kappa shape index (κ2) is 6.72. The molecule has 0 amide bonds. The molecule has 19 heavy (non-hydrogen) atoms. The summed E-state index contributed by atoms with van der Waals surface area (Å²) in [5.41, 5.74) is 1.45. The highest BCUT2D eigenvalue weighted by molar-refractivity contribution is 6.96. The average Bonchev–Trinajstić information content (AvgIpc) is 2.47. The predicted molar refractivity (Wildman–Crippen MR) is 90.7 cm³/mol. The normalized spacial score (nSPS) is 18.7. The van der Waals surface area contributed by atoms with E-state index in [1.165, 1.54) is 5.19 Å². The van der Waals surface area contributed by atoms with Crippen LogP contribution in [0.25, 0.3) is 0 Å². The average molecular weight is 270 g/mol. The van der Waals surface area contributed by atoms with Crippen LogP contribution in [-0.4, -0.2) is 8.07 Å². The standard InChI is InChI=1S/C18H26Si/c1-7-15(4)19(16(5)8-2,17(6)9-3)18-13-11-10-12-14-18/h7-17H,1-3H2,4-6H3. The summed E-state index contributed by atoms with van der Waals surface area (Å²) in [6, 6.07) is 10.9. The molecule has 0 bridgehead atoms. The first-order chi connectivity index (χ1) is 9.05. The molecule has 1 aromatic carbocycles. The quantitative estimate of drug-likeness (QED) is 0.479. The summed E-state index contributed by atoms with van der Waals surface area (Å²) in [4.78, 5) is 0. The molecule has 0 heterocycles. The molecule has 0 fully saturated rings. The second-order valence-electron chi connectivity index (χ2n) is 5.37. The lowest BCUT2D eigenvalue weighted by Gasteiger charge is -2.44. The molecular weight excluding hydrogens is 244 g/mol. The zero-order chi connectivity index (χ0) is 14.5. The summed E-state index contributed by atoms with van der Waals surface area (Å²) in [5, 5.41) is 1.47. The van der Waals surface area contributed by atoms with Gasteiger partial charge in [-0.2, -0.15) is 0 Å². The van der Waals surface area contributed by atoms with Crippen LogP contribution in [0.5, 0.6) is 0 Å². The first kappa shape index (κ1) is 15.7. The van der Waals surface area contributed by atoms with Crippen LogP contribution in [0.2, 0.25) is 16.6 Å². The molecule has 1 heteroatoms. The minimum atomic E-state index is -1.84. The maximum absolute atomic E-state index is 4.05. The van der Waals surface area contributed by atoms with Crippen LogP contribution in [-0.2, 0) is 0 Å². The highest BCUT2D eigenvalue weighted by atomic mass is 28.3. The zero-order valence-corrected chi connectivity index (χ0v) is 13.5. The Hall–Kier alpha value is -1.34. The largest absolute Gasteiger partial charge is 0.106 e. The Bertz CT molecular complexity index is 396. The van der Waals surface area contributed by atoms with E-state index in [4.69, 9.17) is 0 Å². The summed E-state index contributed by atoms with van der Waals surface area (Å²) in [6.07, 6.45) is 6.33. The molecule has 0 aliphatic heterocycles. The van der Waals surface area contributed by atoms with Crippen molar-refractivity contribution in [1.29, 1.82) is 0 Å². The Kier molecular flexibility index (Phi) is 5.55. The van der Waals surface area contributed by atoms with Crippen molar-refractivity contribution in [2.75, 3.05) is 0 Å². The number of rotatable bonds is 7. The van der Waals surface area contributed by atoms with Gasteiger partial charge in [-0.1, -0.05) is 74.5 Å². The van der Waals surface area contributed by atoms with Crippen molar-refractivity contribution in [2.45, 2.75) is 37.4 Å². The van der Waals surface area contributed by atoms with Gasteiger partial charge in [0.15, 0.2) is 0 Å². The van der Waals surface area contributed by atoms with E-state index in [9.17, 15) is 0 Å². The van der Waals surface area contributed by atoms with Gasteiger partial charge in [0.25, 0.3) is 0 Å². The van der Waals surface area contributed by atoms with Crippen LogP contribution in [0.1, 0.15) is 20.8 Å². The van der Waals surface area contributed by atoms with Crippen LogP contribution in [0.15, 0.2) is 68.3 Å². The monoisotopic (exact) mass is 270 g/mol. The van der Waals surface area contributed by atoms with Crippen molar-refractivity contribution in [3.63, 3.8) is 0 Å². The van der Waals surface area contributed by atoms with E-state index in [2.05, 4.69) is 89.1 Å². The zero-order valence-electron chi connectivity index (χ0n) is 12.5. The Morgan fingerprint density at radius 3 is 1.47 bits per heavy atom. The third-order valence-electron chi connectivity index (χ3n) is 4.59. The third kappa shape index (κ3) is 2.66. The molecule has 1 rings (SSSR count). The molecule has 0 radical (unpaired) electrons. The van der Waals surface area contributed by atoms with Gasteiger partial charge in [0, 0.05) is 0 Å². The van der Waals surface area contributed by atoms with Gasteiger partial charge in [-0.15, -0.1) is 19.7 Å². The maximum Gasteiger partial charge on any atom is 0.106 e. The Morgan fingerprint density at radius 1 is 0.789 bits per heavy atom. The summed E-state index contributed by atoms with van der Waals surface area (Å²) in [5.74, 6) is 0. The van der Waals surface area contributed by atoms with E-state index in [0.717, 1.165) is 0 Å². The lowest BCUT2D eigenvalue weighted by atomic mass is 10.4. The van der Waals surface area contributed by atoms with Crippen molar-refractivity contribution in [3.05, 3.63) is 68.3 Å². The smallest absolute Gasteiger partial charge is 0.103 e. The molecule has 1 aromatic rings. The Morgan fingerprint density at radius 2 is 1.16 bits per heavy atom. The molecule has 0 nitrogen and oxygen atoms in total.